The number of carbonyl (C=O) groups excluding carboxylic acids is 1. The summed E-state index contributed by atoms with van der Waals surface area (Å²) in [5.74, 6) is -2.46. The fourth-order valence-electron chi connectivity index (χ4n) is 3.89. The van der Waals surface area contributed by atoms with Gasteiger partial charge in [-0.25, -0.2) is 13.8 Å². The van der Waals surface area contributed by atoms with Crippen molar-refractivity contribution in [2.45, 2.75) is 31.6 Å². The highest BCUT2D eigenvalue weighted by Crippen LogP contribution is 2.33. The predicted molar refractivity (Wildman–Crippen MR) is 119 cm³/mol. The number of ether oxygens (including phenoxy) is 1. The van der Waals surface area contributed by atoms with Gasteiger partial charge in [-0.05, 0) is 49.2 Å². The summed E-state index contributed by atoms with van der Waals surface area (Å²) in [7, 11) is 0. The number of nitrogens with two attached hydrogens (primary N) is 1. The summed E-state index contributed by atoms with van der Waals surface area (Å²) >= 11 is 0. The molecule has 1 fully saturated rings. The molecule has 8 nitrogen and oxygen atoms in total. The van der Waals surface area contributed by atoms with E-state index in [2.05, 4.69) is 4.98 Å². The van der Waals surface area contributed by atoms with E-state index < -0.39 is 35.4 Å². The number of piperidine rings is 1. The van der Waals surface area contributed by atoms with Crippen LogP contribution in [-0.2, 0) is 0 Å². The number of rotatable bonds is 8. The van der Waals surface area contributed by atoms with E-state index in [1.807, 2.05) is 4.90 Å². The molecule has 0 bridgehead atoms. The van der Waals surface area contributed by atoms with Gasteiger partial charge in [-0.15, -0.1) is 0 Å². The second-order valence-electron chi connectivity index (χ2n) is 8.08. The first kappa shape index (κ1) is 23.8. The van der Waals surface area contributed by atoms with Gasteiger partial charge in [0, 0.05) is 25.1 Å². The first-order valence-corrected chi connectivity index (χ1v) is 10.9. The van der Waals surface area contributed by atoms with Crippen LogP contribution in [0.4, 0.5) is 8.78 Å². The van der Waals surface area contributed by atoms with Crippen molar-refractivity contribution < 1.29 is 32.9 Å². The molecule has 1 aliphatic rings. The van der Waals surface area contributed by atoms with E-state index in [0.29, 0.717) is 50.3 Å². The molecule has 3 aromatic rings. The number of likely N-dealkylation sites (tertiary alicyclic amines) is 1. The van der Waals surface area contributed by atoms with Gasteiger partial charge in [0.05, 0.1) is 12.7 Å². The summed E-state index contributed by atoms with van der Waals surface area (Å²) in [6, 6.07) is 9.92. The molecule has 1 amide bonds. The van der Waals surface area contributed by atoms with Crippen molar-refractivity contribution in [2.24, 2.45) is 5.73 Å². The molecule has 0 spiro atoms. The molecule has 0 radical (unpaired) electrons. The molecule has 1 saturated heterocycles. The average molecular weight is 473 g/mol. The first-order valence-electron chi connectivity index (χ1n) is 10.9. The Bertz CT molecular complexity index is 1130. The molecular weight excluding hydrogens is 448 g/mol. The molecule has 2 unspecified atom stereocenters. The highest BCUT2D eigenvalue weighted by Gasteiger charge is 2.25. The molecule has 2 atom stereocenters. The minimum Gasteiger partial charge on any atom is -0.494 e. The second kappa shape index (κ2) is 10.3. The number of carbonyl (C=O) groups is 1. The third-order valence-corrected chi connectivity index (χ3v) is 5.67. The largest absolute Gasteiger partial charge is 0.494 e. The third-order valence-electron chi connectivity index (χ3n) is 5.67. The SMILES string of the molecule is NC(=O)c1nc(-c2c(F)cccc2F)oc1-c1ccc(OCCCN2CCC(O)CC2O)cc1. The Morgan fingerprint density at radius 3 is 2.53 bits per heavy atom. The molecule has 4 rings (SSSR count). The van der Waals surface area contributed by atoms with Gasteiger partial charge in [0.15, 0.2) is 11.5 Å². The second-order valence-corrected chi connectivity index (χ2v) is 8.08. The molecule has 34 heavy (non-hydrogen) atoms. The van der Waals surface area contributed by atoms with Crippen LogP contribution in [0.2, 0.25) is 0 Å². The van der Waals surface area contributed by atoms with Crippen LogP contribution in [-0.4, -0.2) is 58.0 Å². The quantitative estimate of drug-likeness (QED) is 0.430. The fraction of sp³-hybridized carbons (Fsp3) is 0.333. The number of primary amides is 1. The number of benzene rings is 2. The molecule has 2 aromatic carbocycles. The zero-order valence-corrected chi connectivity index (χ0v) is 18.3. The number of hydrogen-bond acceptors (Lipinski definition) is 7. The van der Waals surface area contributed by atoms with E-state index in [-0.39, 0.29) is 17.3 Å². The topological polar surface area (TPSA) is 122 Å². The van der Waals surface area contributed by atoms with Gasteiger partial charge < -0.3 is 25.1 Å². The van der Waals surface area contributed by atoms with Crippen LogP contribution in [0.1, 0.15) is 29.8 Å². The maximum Gasteiger partial charge on any atom is 0.271 e. The normalized spacial score (nSPS) is 18.7. The lowest BCUT2D eigenvalue weighted by atomic mass is 10.1. The number of aliphatic hydroxyl groups is 2. The molecule has 0 saturated carbocycles. The average Bonchev–Trinajstić information content (AvgIpc) is 3.23. The number of aliphatic hydroxyl groups excluding tert-OH is 2. The van der Waals surface area contributed by atoms with E-state index in [1.54, 1.807) is 24.3 Å². The van der Waals surface area contributed by atoms with E-state index >= 15 is 0 Å². The molecule has 2 heterocycles. The summed E-state index contributed by atoms with van der Waals surface area (Å²) in [4.78, 5) is 17.7. The Hall–Kier alpha value is -3.34. The molecule has 1 aromatic heterocycles. The highest BCUT2D eigenvalue weighted by molar-refractivity contribution is 5.97. The monoisotopic (exact) mass is 473 g/mol. The Morgan fingerprint density at radius 2 is 1.88 bits per heavy atom. The van der Waals surface area contributed by atoms with Crippen molar-refractivity contribution in [1.29, 1.82) is 0 Å². The molecule has 4 N–H and O–H groups in total. The van der Waals surface area contributed by atoms with Gasteiger partial charge in [-0.2, -0.15) is 0 Å². The fourth-order valence-corrected chi connectivity index (χ4v) is 3.89. The first-order chi connectivity index (χ1) is 16.3. The zero-order chi connectivity index (χ0) is 24.2. The summed E-state index contributed by atoms with van der Waals surface area (Å²) in [5, 5.41) is 19.6. The summed E-state index contributed by atoms with van der Waals surface area (Å²) in [6.45, 7) is 1.69. The van der Waals surface area contributed by atoms with Crippen molar-refractivity contribution >= 4 is 5.91 Å². The Morgan fingerprint density at radius 1 is 1.18 bits per heavy atom. The third kappa shape index (κ3) is 5.24. The predicted octanol–water partition coefficient (Wildman–Crippen LogP) is 2.93. The molecule has 1 aliphatic heterocycles. The van der Waals surface area contributed by atoms with Crippen molar-refractivity contribution in [3.63, 3.8) is 0 Å². The lowest BCUT2D eigenvalue weighted by Gasteiger charge is -2.34. The van der Waals surface area contributed by atoms with Gasteiger partial charge in [0.1, 0.15) is 29.2 Å². The van der Waals surface area contributed by atoms with Gasteiger partial charge >= 0.3 is 0 Å². The Balaban J connectivity index is 1.42. The van der Waals surface area contributed by atoms with Crippen molar-refractivity contribution in [3.8, 4) is 28.5 Å². The van der Waals surface area contributed by atoms with Crippen LogP contribution < -0.4 is 10.5 Å². The Kier molecular flexibility index (Phi) is 7.20. The van der Waals surface area contributed by atoms with Gasteiger partial charge in [0.2, 0.25) is 5.89 Å². The number of halogens is 2. The number of amides is 1. The minimum atomic E-state index is -0.894. The lowest BCUT2D eigenvalue weighted by molar-refractivity contribution is -0.0679. The van der Waals surface area contributed by atoms with Crippen LogP contribution in [0, 0.1) is 11.6 Å². The van der Waals surface area contributed by atoms with Gasteiger partial charge in [0.25, 0.3) is 5.91 Å². The number of hydrogen-bond donors (Lipinski definition) is 3. The maximum absolute atomic E-state index is 14.1. The van der Waals surface area contributed by atoms with Crippen molar-refractivity contribution in [3.05, 3.63) is 59.8 Å². The van der Waals surface area contributed by atoms with Gasteiger partial charge in [-0.3, -0.25) is 9.69 Å². The summed E-state index contributed by atoms with van der Waals surface area (Å²) in [5.41, 5.74) is 5.12. The maximum atomic E-state index is 14.1. The van der Waals surface area contributed by atoms with Crippen LogP contribution in [0.5, 0.6) is 5.75 Å². The van der Waals surface area contributed by atoms with E-state index in [9.17, 15) is 23.8 Å². The van der Waals surface area contributed by atoms with Crippen LogP contribution in [0.25, 0.3) is 22.8 Å². The van der Waals surface area contributed by atoms with E-state index in [4.69, 9.17) is 14.9 Å². The minimum absolute atomic E-state index is 0.00187. The zero-order valence-electron chi connectivity index (χ0n) is 18.3. The smallest absolute Gasteiger partial charge is 0.271 e. The standard InChI is InChI=1S/C24H25F2N3O5/c25-17-3-1-4-18(26)20(17)24-28-21(23(27)32)22(34-24)14-5-7-16(8-6-14)33-12-2-10-29-11-9-15(30)13-19(29)31/h1,3-8,15,19,30-31H,2,9-13H2,(H2,27,32). The molecule has 10 heteroatoms. The van der Waals surface area contributed by atoms with Crippen molar-refractivity contribution in [1.82, 2.24) is 9.88 Å². The lowest BCUT2D eigenvalue weighted by Crippen LogP contribution is -2.44. The highest BCUT2D eigenvalue weighted by atomic mass is 19.1. The Labute approximate surface area is 194 Å². The number of oxazole rings is 1. The van der Waals surface area contributed by atoms with Crippen LogP contribution in [0.15, 0.2) is 46.9 Å². The van der Waals surface area contributed by atoms with Crippen LogP contribution in [0.3, 0.4) is 0 Å². The van der Waals surface area contributed by atoms with E-state index in [0.717, 1.165) is 12.1 Å². The molecular formula is C24H25F2N3O5. The summed E-state index contributed by atoms with van der Waals surface area (Å²) < 4.78 is 39.6. The number of nitrogens with zero attached hydrogens (tertiary/aromatic N) is 2. The molecule has 0 aliphatic carbocycles. The number of aromatic nitrogens is 1. The van der Waals surface area contributed by atoms with Crippen molar-refractivity contribution in [2.75, 3.05) is 19.7 Å². The van der Waals surface area contributed by atoms with Gasteiger partial charge in [-0.1, -0.05) is 6.07 Å². The van der Waals surface area contributed by atoms with Crippen LogP contribution >= 0.6 is 0 Å². The molecule has 180 valence electrons. The van der Waals surface area contributed by atoms with E-state index in [1.165, 1.54) is 6.07 Å². The summed E-state index contributed by atoms with van der Waals surface area (Å²) in [6.07, 6.45) is 0.567.